The van der Waals surface area contributed by atoms with Gasteiger partial charge in [0, 0.05) is 6.61 Å². The van der Waals surface area contributed by atoms with E-state index in [-0.39, 0.29) is 18.1 Å². The molecule has 0 spiro atoms. The molecule has 0 N–H and O–H groups in total. The molecule has 0 aliphatic rings. The Bertz CT molecular complexity index is 587. The molecule has 162 valence electrons. The first-order chi connectivity index (χ1) is 13.6. The van der Waals surface area contributed by atoms with Crippen LogP contribution in [-0.4, -0.2) is 67.9 Å². The van der Waals surface area contributed by atoms with Gasteiger partial charge in [0.1, 0.15) is 0 Å². The van der Waals surface area contributed by atoms with Crippen molar-refractivity contribution in [3.63, 3.8) is 0 Å². The molecule has 1 aromatic carbocycles. The molecule has 28 heavy (non-hydrogen) atoms. The SMILES string of the molecule is CCCCCOCCOCCOCCOCCOS(=O)(=O)c1ccc(C)cc1. The Morgan fingerprint density at radius 3 is 1.64 bits per heavy atom. The summed E-state index contributed by atoms with van der Waals surface area (Å²) in [7, 11) is -3.73. The minimum absolute atomic E-state index is 0.0302. The second-order valence-electron chi connectivity index (χ2n) is 6.25. The first kappa shape index (κ1) is 25.0. The van der Waals surface area contributed by atoms with Crippen molar-refractivity contribution in [3.05, 3.63) is 29.8 Å². The molecule has 0 aromatic heterocycles. The van der Waals surface area contributed by atoms with Crippen LogP contribution < -0.4 is 0 Å². The normalized spacial score (nSPS) is 11.8. The molecule has 0 saturated carbocycles. The molecular formula is C20H34O7S. The fourth-order valence-electron chi connectivity index (χ4n) is 2.19. The molecule has 0 fully saturated rings. The topological polar surface area (TPSA) is 80.3 Å². The third-order valence-electron chi connectivity index (χ3n) is 3.78. The van der Waals surface area contributed by atoms with Gasteiger partial charge in [0.05, 0.1) is 57.8 Å². The minimum atomic E-state index is -3.73. The van der Waals surface area contributed by atoms with Gasteiger partial charge in [-0.25, -0.2) is 0 Å². The van der Waals surface area contributed by atoms with E-state index in [1.165, 1.54) is 25.0 Å². The van der Waals surface area contributed by atoms with Crippen molar-refractivity contribution in [2.75, 3.05) is 59.5 Å². The van der Waals surface area contributed by atoms with Gasteiger partial charge < -0.3 is 18.9 Å². The lowest BCUT2D eigenvalue weighted by Crippen LogP contribution is -2.15. The second-order valence-corrected chi connectivity index (χ2v) is 7.86. The van der Waals surface area contributed by atoms with Gasteiger partial charge in [0.2, 0.25) is 0 Å². The van der Waals surface area contributed by atoms with E-state index in [4.69, 9.17) is 23.1 Å². The summed E-state index contributed by atoms with van der Waals surface area (Å²) in [6.07, 6.45) is 3.49. The number of aryl methyl sites for hydroxylation is 1. The zero-order valence-corrected chi connectivity index (χ0v) is 17.9. The van der Waals surface area contributed by atoms with Crippen molar-refractivity contribution in [1.82, 2.24) is 0 Å². The Balaban J connectivity index is 1.88. The van der Waals surface area contributed by atoms with E-state index < -0.39 is 10.1 Å². The summed E-state index contributed by atoms with van der Waals surface area (Å²) >= 11 is 0. The molecule has 0 bridgehead atoms. The fourth-order valence-corrected chi connectivity index (χ4v) is 3.08. The quantitative estimate of drug-likeness (QED) is 0.268. The predicted molar refractivity (Wildman–Crippen MR) is 107 cm³/mol. The smallest absolute Gasteiger partial charge is 0.297 e. The molecule has 0 amide bonds. The van der Waals surface area contributed by atoms with Gasteiger partial charge in [-0.2, -0.15) is 8.42 Å². The van der Waals surface area contributed by atoms with Gasteiger partial charge in [-0.15, -0.1) is 0 Å². The highest BCUT2D eigenvalue weighted by Crippen LogP contribution is 2.12. The number of hydrogen-bond donors (Lipinski definition) is 0. The third-order valence-corrected chi connectivity index (χ3v) is 5.11. The van der Waals surface area contributed by atoms with Gasteiger partial charge in [-0.05, 0) is 25.5 Å². The Hall–Kier alpha value is -1.03. The molecule has 0 heterocycles. The van der Waals surface area contributed by atoms with Crippen LogP contribution in [0.25, 0.3) is 0 Å². The molecule has 7 nitrogen and oxygen atoms in total. The Morgan fingerprint density at radius 1 is 0.679 bits per heavy atom. The van der Waals surface area contributed by atoms with E-state index in [1.807, 2.05) is 6.92 Å². The van der Waals surface area contributed by atoms with Crippen LogP contribution in [0.15, 0.2) is 29.2 Å². The minimum Gasteiger partial charge on any atom is -0.379 e. The highest BCUT2D eigenvalue weighted by atomic mass is 32.2. The summed E-state index contributed by atoms with van der Waals surface area (Å²) in [6.45, 7) is 7.96. The molecule has 8 heteroatoms. The summed E-state index contributed by atoms with van der Waals surface area (Å²) in [6, 6.07) is 6.52. The first-order valence-corrected chi connectivity index (χ1v) is 11.2. The lowest BCUT2D eigenvalue weighted by atomic mass is 10.2. The molecule has 0 radical (unpaired) electrons. The van der Waals surface area contributed by atoms with Crippen LogP contribution in [0, 0.1) is 6.92 Å². The summed E-state index contributed by atoms with van der Waals surface area (Å²) in [5.74, 6) is 0. The summed E-state index contributed by atoms with van der Waals surface area (Å²) < 4.78 is 50.4. The van der Waals surface area contributed by atoms with E-state index in [2.05, 4.69) is 6.92 Å². The van der Waals surface area contributed by atoms with E-state index in [0.29, 0.717) is 39.6 Å². The zero-order valence-electron chi connectivity index (χ0n) is 17.1. The largest absolute Gasteiger partial charge is 0.379 e. The van der Waals surface area contributed by atoms with Crippen LogP contribution in [0.1, 0.15) is 31.7 Å². The van der Waals surface area contributed by atoms with Crippen molar-refractivity contribution in [3.8, 4) is 0 Å². The summed E-state index contributed by atoms with van der Waals surface area (Å²) in [5, 5.41) is 0. The molecule has 0 saturated heterocycles. The molecule has 0 aliphatic heterocycles. The zero-order chi connectivity index (χ0) is 20.5. The van der Waals surface area contributed by atoms with E-state index in [9.17, 15) is 8.42 Å². The van der Waals surface area contributed by atoms with Crippen molar-refractivity contribution in [2.45, 2.75) is 38.0 Å². The molecular weight excluding hydrogens is 384 g/mol. The lowest BCUT2D eigenvalue weighted by molar-refractivity contribution is -0.00466. The maximum atomic E-state index is 12.0. The summed E-state index contributed by atoms with van der Waals surface area (Å²) in [5.41, 5.74) is 0.989. The van der Waals surface area contributed by atoms with Gasteiger partial charge in [0.25, 0.3) is 10.1 Å². The second kappa shape index (κ2) is 15.8. The monoisotopic (exact) mass is 418 g/mol. The van der Waals surface area contributed by atoms with Gasteiger partial charge in [-0.3, -0.25) is 4.18 Å². The first-order valence-electron chi connectivity index (χ1n) is 9.83. The lowest BCUT2D eigenvalue weighted by Gasteiger charge is -2.08. The maximum Gasteiger partial charge on any atom is 0.297 e. The molecule has 0 aliphatic carbocycles. The van der Waals surface area contributed by atoms with Crippen molar-refractivity contribution in [1.29, 1.82) is 0 Å². The third kappa shape index (κ3) is 12.4. The molecule has 1 rings (SSSR count). The van der Waals surface area contributed by atoms with Crippen LogP contribution in [0.5, 0.6) is 0 Å². The number of rotatable bonds is 18. The van der Waals surface area contributed by atoms with E-state index in [1.54, 1.807) is 12.1 Å². The Labute approximate surface area is 169 Å². The Kier molecular flexibility index (Phi) is 14.1. The molecule has 0 unspecified atom stereocenters. The highest BCUT2D eigenvalue weighted by Gasteiger charge is 2.14. The highest BCUT2D eigenvalue weighted by molar-refractivity contribution is 7.86. The van der Waals surface area contributed by atoms with Gasteiger partial charge in [0.15, 0.2) is 0 Å². The van der Waals surface area contributed by atoms with E-state index >= 15 is 0 Å². The van der Waals surface area contributed by atoms with Crippen LogP contribution >= 0.6 is 0 Å². The van der Waals surface area contributed by atoms with Gasteiger partial charge >= 0.3 is 0 Å². The number of benzene rings is 1. The van der Waals surface area contributed by atoms with Crippen molar-refractivity contribution in [2.24, 2.45) is 0 Å². The number of ether oxygens (including phenoxy) is 4. The average molecular weight is 419 g/mol. The summed E-state index contributed by atoms with van der Waals surface area (Å²) in [4.78, 5) is 0.146. The van der Waals surface area contributed by atoms with E-state index in [0.717, 1.165) is 18.6 Å². The molecule has 0 atom stereocenters. The number of hydrogen-bond acceptors (Lipinski definition) is 7. The number of unbranched alkanes of at least 4 members (excludes halogenated alkanes) is 2. The molecule has 1 aromatic rings. The van der Waals surface area contributed by atoms with Crippen LogP contribution in [0.2, 0.25) is 0 Å². The van der Waals surface area contributed by atoms with Crippen LogP contribution in [0.4, 0.5) is 0 Å². The van der Waals surface area contributed by atoms with Crippen LogP contribution in [0.3, 0.4) is 0 Å². The van der Waals surface area contributed by atoms with Crippen LogP contribution in [-0.2, 0) is 33.2 Å². The maximum absolute atomic E-state index is 12.0. The van der Waals surface area contributed by atoms with Gasteiger partial charge in [-0.1, -0.05) is 37.5 Å². The predicted octanol–water partition coefficient (Wildman–Crippen LogP) is 2.96. The van der Waals surface area contributed by atoms with Crippen molar-refractivity contribution < 1.29 is 31.5 Å². The Morgan fingerprint density at radius 2 is 1.14 bits per heavy atom. The fraction of sp³-hybridized carbons (Fsp3) is 0.700. The standard InChI is InChI=1S/C20H34O7S/c1-3-4-5-10-23-11-12-24-13-14-25-15-16-26-17-18-27-28(21,22)20-8-6-19(2)7-9-20/h6-9H,3-5,10-18H2,1-2H3. The van der Waals surface area contributed by atoms with Crippen molar-refractivity contribution >= 4 is 10.1 Å². The average Bonchev–Trinajstić information content (AvgIpc) is 2.68.